The topological polar surface area (TPSA) is 47.1 Å². The van der Waals surface area contributed by atoms with Gasteiger partial charge in [-0.05, 0) is 110 Å². The molecule has 0 aliphatic heterocycles. The van der Waals surface area contributed by atoms with Gasteiger partial charge in [-0.3, -0.25) is 0 Å². The summed E-state index contributed by atoms with van der Waals surface area (Å²) in [6.07, 6.45) is 2.46. The fourth-order valence-electron chi connectivity index (χ4n) is 5.45. The maximum atomic E-state index is 14.9. The van der Waals surface area contributed by atoms with Crippen LogP contribution in [0.15, 0.2) is 97.1 Å². The molecule has 0 spiro atoms. The Labute approximate surface area is 265 Å². The minimum Gasteiger partial charge on any atom is -0.378 e. The zero-order valence-electron chi connectivity index (χ0n) is 27.6. The van der Waals surface area contributed by atoms with Crippen LogP contribution in [0.5, 0.6) is 0 Å². The molecule has 44 heavy (non-hydrogen) atoms. The summed E-state index contributed by atoms with van der Waals surface area (Å²) in [5, 5.41) is 3.45. The van der Waals surface area contributed by atoms with Gasteiger partial charge in [0.2, 0.25) is 0 Å². The summed E-state index contributed by atoms with van der Waals surface area (Å²) in [5.41, 5.74) is 4.30. The molecule has 0 saturated carbocycles. The van der Waals surface area contributed by atoms with Crippen LogP contribution in [0.2, 0.25) is 0 Å². The molecular formula is C36H48N4O2P2. The molecule has 8 heteroatoms. The van der Waals surface area contributed by atoms with Crippen molar-refractivity contribution in [2.24, 2.45) is 0 Å². The van der Waals surface area contributed by atoms with Gasteiger partial charge >= 0.3 is 0 Å². The van der Waals surface area contributed by atoms with Crippen LogP contribution >= 0.6 is 14.3 Å². The number of anilines is 4. The van der Waals surface area contributed by atoms with Gasteiger partial charge in [-0.1, -0.05) is 0 Å². The van der Waals surface area contributed by atoms with Gasteiger partial charge in [0.25, 0.3) is 0 Å². The van der Waals surface area contributed by atoms with Crippen LogP contribution in [0.1, 0.15) is 12.8 Å². The van der Waals surface area contributed by atoms with Crippen LogP contribution in [0.4, 0.5) is 22.7 Å². The normalized spacial score (nSPS) is 11.7. The lowest BCUT2D eigenvalue weighted by atomic mass is 10.3. The van der Waals surface area contributed by atoms with Crippen LogP contribution in [-0.4, -0.2) is 68.7 Å². The quantitative estimate of drug-likeness (QED) is 0.132. The fraction of sp³-hybridized carbons (Fsp3) is 0.333. The first-order valence-electron chi connectivity index (χ1n) is 15.1. The first-order valence-corrected chi connectivity index (χ1v) is 18.9. The van der Waals surface area contributed by atoms with Gasteiger partial charge in [0.05, 0.1) is 0 Å². The zero-order chi connectivity index (χ0) is 32.1. The molecular weight excluding hydrogens is 582 g/mol. The Hall–Kier alpha value is -3.46. The second-order valence-corrected chi connectivity index (χ2v) is 18.2. The lowest BCUT2D eigenvalue weighted by Crippen LogP contribution is -2.22. The van der Waals surface area contributed by atoms with E-state index in [9.17, 15) is 9.13 Å². The number of nitrogens with zero attached hydrogens (tertiary/aromatic N) is 4. The van der Waals surface area contributed by atoms with Gasteiger partial charge in [0.15, 0.2) is 0 Å². The Kier molecular flexibility index (Phi) is 10.7. The SMILES string of the molecule is CN(C)c1ccc(P(=O)(CCCCP(=O)(c2ccc(N(C)C)cc2)c2ccc(N(C)C)cc2)c2ccc(N(C)C)cc2)cc1. The van der Waals surface area contributed by atoms with Crippen LogP contribution in [0, 0.1) is 0 Å². The molecule has 0 aliphatic rings. The van der Waals surface area contributed by atoms with Crippen LogP contribution < -0.4 is 40.8 Å². The summed E-state index contributed by atoms with van der Waals surface area (Å²) in [5.74, 6) is 0. The summed E-state index contributed by atoms with van der Waals surface area (Å²) in [6, 6.07) is 32.4. The molecule has 0 fully saturated rings. The summed E-state index contributed by atoms with van der Waals surface area (Å²) >= 11 is 0. The van der Waals surface area contributed by atoms with E-state index in [0.29, 0.717) is 25.2 Å². The maximum absolute atomic E-state index is 14.9. The molecule has 0 radical (unpaired) electrons. The average molecular weight is 631 g/mol. The van der Waals surface area contributed by atoms with Gasteiger partial charge < -0.3 is 28.7 Å². The largest absolute Gasteiger partial charge is 0.378 e. The summed E-state index contributed by atoms with van der Waals surface area (Å²) in [6.45, 7) is 0. The maximum Gasteiger partial charge on any atom is 0.143 e. The minimum atomic E-state index is -2.92. The highest BCUT2D eigenvalue weighted by Crippen LogP contribution is 2.48. The Morgan fingerprint density at radius 3 is 0.705 bits per heavy atom. The summed E-state index contributed by atoms with van der Waals surface area (Å²) < 4.78 is 29.9. The number of unbranched alkanes of at least 4 members (excludes halogenated alkanes) is 1. The van der Waals surface area contributed by atoms with E-state index < -0.39 is 14.3 Å². The highest BCUT2D eigenvalue weighted by molar-refractivity contribution is 7.79. The molecule has 0 saturated heterocycles. The number of hydrogen-bond acceptors (Lipinski definition) is 6. The third-order valence-corrected chi connectivity index (χ3v) is 14.8. The highest BCUT2D eigenvalue weighted by atomic mass is 31.2. The molecule has 0 N–H and O–H groups in total. The molecule has 0 atom stereocenters. The van der Waals surface area contributed by atoms with Crippen molar-refractivity contribution >= 4 is 58.3 Å². The average Bonchev–Trinajstić information content (AvgIpc) is 3.03. The molecule has 4 aromatic rings. The van der Waals surface area contributed by atoms with E-state index in [4.69, 9.17) is 0 Å². The van der Waals surface area contributed by atoms with E-state index in [2.05, 4.69) is 0 Å². The van der Waals surface area contributed by atoms with Gasteiger partial charge in [-0.25, -0.2) is 0 Å². The third-order valence-electron chi connectivity index (χ3n) is 8.33. The van der Waals surface area contributed by atoms with Gasteiger partial charge in [-0.15, -0.1) is 0 Å². The predicted molar refractivity (Wildman–Crippen MR) is 196 cm³/mol. The molecule has 0 amide bonds. The number of hydrogen-bond donors (Lipinski definition) is 0. The molecule has 0 aliphatic carbocycles. The Bertz CT molecular complexity index is 1360. The second-order valence-electron chi connectivity index (χ2n) is 12.3. The molecule has 4 rings (SSSR count). The minimum absolute atomic E-state index is 0.523. The molecule has 234 valence electrons. The zero-order valence-corrected chi connectivity index (χ0v) is 29.4. The predicted octanol–water partition coefficient (Wildman–Crippen LogP) is 6.06. The smallest absolute Gasteiger partial charge is 0.143 e. The van der Waals surface area contributed by atoms with Crippen molar-refractivity contribution in [3.63, 3.8) is 0 Å². The third kappa shape index (κ3) is 7.42. The summed E-state index contributed by atoms with van der Waals surface area (Å²) in [4.78, 5) is 8.20. The van der Waals surface area contributed by atoms with Crippen molar-refractivity contribution in [3.05, 3.63) is 97.1 Å². The number of benzene rings is 4. The Morgan fingerprint density at radius 2 is 0.545 bits per heavy atom. The molecule has 6 nitrogen and oxygen atoms in total. The van der Waals surface area contributed by atoms with Crippen LogP contribution in [0.25, 0.3) is 0 Å². The summed E-state index contributed by atoms with van der Waals surface area (Å²) in [7, 11) is 10.2. The number of rotatable bonds is 13. The molecule has 4 aromatic carbocycles. The molecule has 0 bridgehead atoms. The highest BCUT2D eigenvalue weighted by Gasteiger charge is 2.30. The van der Waals surface area contributed by atoms with Crippen molar-refractivity contribution in [1.29, 1.82) is 0 Å². The van der Waals surface area contributed by atoms with Gasteiger partial charge in [-0.2, -0.15) is 0 Å². The molecule has 0 heterocycles. The Morgan fingerprint density at radius 1 is 0.364 bits per heavy atom. The van der Waals surface area contributed by atoms with Crippen molar-refractivity contribution in [2.45, 2.75) is 12.8 Å². The van der Waals surface area contributed by atoms with Crippen molar-refractivity contribution in [2.75, 3.05) is 88.3 Å². The van der Waals surface area contributed by atoms with Gasteiger partial charge in [0.1, 0.15) is 14.3 Å². The standard InChI is InChI=1S/C36H48N4O2P2/c1-37(2)29-11-19-33(20-12-29)43(41,34-21-13-30(14-22-34)38(3)4)27-9-10-28-44(42,35-23-15-31(16-24-35)39(5)6)36-25-17-32(18-26-36)40(7)8/h11-26H,9-10,27-28H2,1-8H3. The molecule has 0 aromatic heterocycles. The first kappa shape index (κ1) is 33.4. The lowest BCUT2D eigenvalue weighted by Gasteiger charge is -2.24. The monoisotopic (exact) mass is 630 g/mol. The second kappa shape index (κ2) is 14.1. The van der Waals surface area contributed by atoms with Crippen LogP contribution in [-0.2, 0) is 9.13 Å². The van der Waals surface area contributed by atoms with E-state index in [1.54, 1.807) is 0 Å². The van der Waals surface area contributed by atoms with Crippen molar-refractivity contribution in [3.8, 4) is 0 Å². The van der Waals surface area contributed by atoms with Crippen LogP contribution in [0.3, 0.4) is 0 Å². The van der Waals surface area contributed by atoms with Crippen molar-refractivity contribution in [1.82, 2.24) is 0 Å². The first-order chi connectivity index (χ1) is 20.8. The molecule has 0 unspecified atom stereocenters. The van der Waals surface area contributed by atoms with E-state index >= 15 is 0 Å². The Balaban J connectivity index is 1.63. The lowest BCUT2D eigenvalue weighted by molar-refractivity contribution is 0.580. The fourth-order valence-corrected chi connectivity index (χ4v) is 10.9. The van der Waals surface area contributed by atoms with E-state index in [-0.39, 0.29) is 0 Å². The van der Waals surface area contributed by atoms with E-state index in [0.717, 1.165) is 44.0 Å². The van der Waals surface area contributed by atoms with Gasteiger partial charge in [0, 0.05) is 113 Å². The van der Waals surface area contributed by atoms with Crippen molar-refractivity contribution < 1.29 is 9.13 Å². The van der Waals surface area contributed by atoms with E-state index in [1.807, 2.05) is 173 Å². The van der Waals surface area contributed by atoms with E-state index in [1.165, 1.54) is 0 Å².